The fourth-order valence-electron chi connectivity index (χ4n) is 3.69. The highest BCUT2D eigenvalue weighted by molar-refractivity contribution is 14.0. The minimum Gasteiger partial charge on any atom is -0.354 e. The summed E-state index contributed by atoms with van der Waals surface area (Å²) in [7, 11) is 1.80. The van der Waals surface area contributed by atoms with Gasteiger partial charge in [0.2, 0.25) is 0 Å². The molecule has 168 valence electrons. The lowest BCUT2D eigenvalue weighted by atomic mass is 10.0. The van der Waals surface area contributed by atoms with Gasteiger partial charge in [-0.05, 0) is 43.0 Å². The van der Waals surface area contributed by atoms with E-state index >= 15 is 0 Å². The molecule has 0 aromatic heterocycles. The first kappa shape index (κ1) is 25.1. The van der Waals surface area contributed by atoms with Gasteiger partial charge in [-0.25, -0.2) is 0 Å². The summed E-state index contributed by atoms with van der Waals surface area (Å²) in [6.45, 7) is 6.42. The first-order valence-corrected chi connectivity index (χ1v) is 10.8. The number of aliphatic imine (C=N–C) groups is 1. The van der Waals surface area contributed by atoms with E-state index in [1.165, 1.54) is 5.56 Å². The maximum absolute atomic E-state index is 11.9. The van der Waals surface area contributed by atoms with E-state index in [9.17, 15) is 4.79 Å². The van der Waals surface area contributed by atoms with Gasteiger partial charge in [0.15, 0.2) is 5.96 Å². The fourth-order valence-corrected chi connectivity index (χ4v) is 3.69. The van der Waals surface area contributed by atoms with Crippen molar-refractivity contribution in [3.05, 3.63) is 71.3 Å². The topological polar surface area (TPSA) is 68.8 Å². The minimum absolute atomic E-state index is 0. The van der Waals surface area contributed by atoms with Gasteiger partial charge >= 0.3 is 0 Å². The second-order valence-electron chi connectivity index (χ2n) is 7.66. The Hall–Kier alpha value is -2.13. The molecule has 1 heterocycles. The van der Waals surface area contributed by atoms with E-state index in [-0.39, 0.29) is 29.9 Å². The van der Waals surface area contributed by atoms with Crippen LogP contribution in [0, 0.1) is 0 Å². The highest BCUT2D eigenvalue weighted by Gasteiger charge is 2.20. The van der Waals surface area contributed by atoms with E-state index in [0.717, 1.165) is 44.0 Å². The van der Waals surface area contributed by atoms with Gasteiger partial charge in [0, 0.05) is 51.4 Å². The van der Waals surface area contributed by atoms with Crippen LogP contribution < -0.4 is 16.0 Å². The second kappa shape index (κ2) is 13.3. The van der Waals surface area contributed by atoms with Crippen molar-refractivity contribution >= 4 is 35.8 Å². The van der Waals surface area contributed by atoms with Gasteiger partial charge in [0.05, 0.1) is 0 Å². The minimum atomic E-state index is -0.0342. The Balaban J connectivity index is 0.00000341. The van der Waals surface area contributed by atoms with E-state index in [1.807, 2.05) is 31.2 Å². The van der Waals surface area contributed by atoms with Crippen molar-refractivity contribution in [1.29, 1.82) is 0 Å². The van der Waals surface area contributed by atoms with Gasteiger partial charge < -0.3 is 16.0 Å². The molecule has 0 spiro atoms. The summed E-state index contributed by atoms with van der Waals surface area (Å²) in [4.78, 5) is 18.7. The third kappa shape index (κ3) is 8.14. The van der Waals surface area contributed by atoms with Gasteiger partial charge in [-0.15, -0.1) is 24.0 Å². The fraction of sp³-hybridized carbons (Fsp3) is 0.417. The van der Waals surface area contributed by atoms with Crippen LogP contribution in [0.3, 0.4) is 0 Å². The first-order chi connectivity index (χ1) is 14.7. The van der Waals surface area contributed by atoms with Gasteiger partial charge in [-0.2, -0.15) is 0 Å². The molecule has 3 N–H and O–H groups in total. The zero-order valence-corrected chi connectivity index (χ0v) is 20.8. The lowest BCUT2D eigenvalue weighted by Crippen LogP contribution is -2.48. The average Bonchev–Trinajstić information content (AvgIpc) is 2.79. The molecule has 0 aliphatic carbocycles. The molecule has 1 aliphatic rings. The molecule has 0 radical (unpaired) electrons. The molecule has 7 heteroatoms. The zero-order valence-electron chi connectivity index (χ0n) is 18.4. The monoisotopic (exact) mass is 535 g/mol. The van der Waals surface area contributed by atoms with Crippen LogP contribution >= 0.6 is 24.0 Å². The number of guanidine groups is 1. The van der Waals surface area contributed by atoms with Crippen LogP contribution in [0.5, 0.6) is 0 Å². The van der Waals surface area contributed by atoms with E-state index in [4.69, 9.17) is 0 Å². The molecule has 3 rings (SSSR count). The summed E-state index contributed by atoms with van der Waals surface area (Å²) in [5, 5.41) is 9.75. The van der Waals surface area contributed by atoms with Crippen molar-refractivity contribution in [3.8, 4) is 0 Å². The zero-order chi connectivity index (χ0) is 21.2. The Morgan fingerprint density at radius 3 is 2.29 bits per heavy atom. The molecule has 1 amide bonds. The lowest BCUT2D eigenvalue weighted by molar-refractivity contribution is 0.0956. The molecule has 0 unspecified atom stereocenters. The summed E-state index contributed by atoms with van der Waals surface area (Å²) in [5.41, 5.74) is 3.17. The SMILES string of the molecule is CCNC(=O)c1ccc(CNC(=NC)NC2CCN(Cc3ccccc3)CC2)cc1.I. The molecule has 2 aromatic rings. The molecule has 1 saturated heterocycles. The van der Waals surface area contributed by atoms with E-state index < -0.39 is 0 Å². The van der Waals surface area contributed by atoms with E-state index in [2.05, 4.69) is 56.2 Å². The summed E-state index contributed by atoms with van der Waals surface area (Å²) in [5.74, 6) is 0.789. The molecule has 0 atom stereocenters. The maximum atomic E-state index is 11.9. The van der Waals surface area contributed by atoms with Gasteiger partial charge in [0.1, 0.15) is 0 Å². The maximum Gasteiger partial charge on any atom is 0.251 e. The molecule has 0 saturated carbocycles. The van der Waals surface area contributed by atoms with Crippen molar-refractivity contribution in [2.45, 2.75) is 38.9 Å². The normalized spacial score (nSPS) is 15.1. The number of halogens is 1. The number of rotatable bonds is 7. The van der Waals surface area contributed by atoms with Crippen LogP contribution in [-0.4, -0.2) is 49.5 Å². The molecule has 1 aliphatic heterocycles. The number of hydrogen-bond donors (Lipinski definition) is 3. The largest absolute Gasteiger partial charge is 0.354 e. The summed E-state index contributed by atoms with van der Waals surface area (Å²) < 4.78 is 0. The highest BCUT2D eigenvalue weighted by atomic mass is 127. The Kier molecular flexibility index (Phi) is 10.8. The Morgan fingerprint density at radius 1 is 1.00 bits per heavy atom. The van der Waals surface area contributed by atoms with Crippen molar-refractivity contribution in [2.75, 3.05) is 26.7 Å². The van der Waals surface area contributed by atoms with Crippen LogP contribution in [0.25, 0.3) is 0 Å². The quantitative estimate of drug-likeness (QED) is 0.289. The first-order valence-electron chi connectivity index (χ1n) is 10.8. The summed E-state index contributed by atoms with van der Waals surface area (Å²) in [6, 6.07) is 18.8. The van der Waals surface area contributed by atoms with Crippen LogP contribution in [0.4, 0.5) is 0 Å². The lowest BCUT2D eigenvalue weighted by Gasteiger charge is -2.33. The van der Waals surface area contributed by atoms with Gasteiger partial charge in [-0.3, -0.25) is 14.7 Å². The van der Waals surface area contributed by atoms with Crippen molar-refractivity contribution < 1.29 is 4.79 Å². The molecule has 1 fully saturated rings. The number of piperidine rings is 1. The van der Waals surface area contributed by atoms with Crippen LogP contribution in [0.1, 0.15) is 41.3 Å². The van der Waals surface area contributed by atoms with Gasteiger partial charge in [0.25, 0.3) is 5.91 Å². The number of nitrogens with one attached hydrogen (secondary N) is 3. The highest BCUT2D eigenvalue weighted by Crippen LogP contribution is 2.14. The molecule has 31 heavy (non-hydrogen) atoms. The number of amides is 1. The van der Waals surface area contributed by atoms with Crippen molar-refractivity contribution in [2.24, 2.45) is 4.99 Å². The second-order valence-corrected chi connectivity index (χ2v) is 7.66. The average molecular weight is 535 g/mol. The number of likely N-dealkylation sites (tertiary alicyclic amines) is 1. The van der Waals surface area contributed by atoms with Gasteiger partial charge in [-0.1, -0.05) is 42.5 Å². The molecule has 2 aromatic carbocycles. The van der Waals surface area contributed by atoms with Crippen LogP contribution in [0.15, 0.2) is 59.6 Å². The molecular formula is C24H34IN5O. The Labute approximate surface area is 202 Å². The predicted octanol–water partition coefficient (Wildman–Crippen LogP) is 3.38. The smallest absolute Gasteiger partial charge is 0.251 e. The Bertz CT molecular complexity index is 818. The number of hydrogen-bond acceptors (Lipinski definition) is 3. The Morgan fingerprint density at radius 2 is 1.68 bits per heavy atom. The number of carbonyl (C=O) groups is 1. The van der Waals surface area contributed by atoms with Crippen LogP contribution in [-0.2, 0) is 13.1 Å². The third-order valence-electron chi connectivity index (χ3n) is 5.41. The van der Waals surface area contributed by atoms with Crippen molar-refractivity contribution in [3.63, 3.8) is 0 Å². The predicted molar refractivity (Wildman–Crippen MR) is 138 cm³/mol. The molecule has 6 nitrogen and oxygen atoms in total. The van der Waals surface area contributed by atoms with E-state index in [0.29, 0.717) is 24.7 Å². The standard InChI is InChI=1S/C24H33N5O.HI/c1-3-26-23(30)21-11-9-19(10-12-21)17-27-24(25-2)28-22-13-15-29(16-14-22)18-20-7-5-4-6-8-20;/h4-12,22H,3,13-18H2,1-2H3,(H,26,30)(H2,25,27,28);1H. The van der Waals surface area contributed by atoms with E-state index in [1.54, 1.807) is 7.05 Å². The summed E-state index contributed by atoms with van der Waals surface area (Å²) in [6.07, 6.45) is 2.21. The molecule has 0 bridgehead atoms. The van der Waals surface area contributed by atoms with Crippen LogP contribution in [0.2, 0.25) is 0 Å². The number of nitrogens with zero attached hydrogens (tertiary/aromatic N) is 2. The number of carbonyl (C=O) groups excluding carboxylic acids is 1. The number of benzene rings is 2. The summed E-state index contributed by atoms with van der Waals surface area (Å²) >= 11 is 0. The molecular weight excluding hydrogens is 501 g/mol. The van der Waals surface area contributed by atoms with Crippen molar-refractivity contribution in [1.82, 2.24) is 20.9 Å². The third-order valence-corrected chi connectivity index (χ3v) is 5.41.